The summed E-state index contributed by atoms with van der Waals surface area (Å²) in [4.78, 5) is 11.5. The molecule has 0 saturated carbocycles. The number of benzene rings is 3. The fourth-order valence-electron chi connectivity index (χ4n) is 3.14. The minimum atomic E-state index is -4.86. The van der Waals surface area contributed by atoms with Crippen LogP contribution in [0.4, 0.5) is 13.2 Å². The van der Waals surface area contributed by atoms with Gasteiger partial charge in [0.2, 0.25) is 15.9 Å². The van der Waals surface area contributed by atoms with Crippen LogP contribution in [0.2, 0.25) is 0 Å². The summed E-state index contributed by atoms with van der Waals surface area (Å²) in [5, 5.41) is 2.59. The Kier molecular flexibility index (Phi) is 7.95. The monoisotopic (exact) mass is 492 g/mol. The molecule has 180 valence electrons. The Labute approximate surface area is 195 Å². The maximum atomic E-state index is 13.2. The second kappa shape index (κ2) is 10.7. The molecule has 0 fully saturated rings. The van der Waals surface area contributed by atoms with Gasteiger partial charge in [-0.05, 0) is 42.3 Å². The molecular formula is C24H23F3N2O4S. The van der Waals surface area contributed by atoms with E-state index in [-0.39, 0.29) is 6.54 Å². The maximum absolute atomic E-state index is 13.2. The molecule has 3 aromatic carbocycles. The van der Waals surface area contributed by atoms with Crippen LogP contribution in [-0.2, 0) is 34.1 Å². The third kappa shape index (κ3) is 6.82. The number of para-hydroxylation sites is 1. The van der Waals surface area contributed by atoms with E-state index in [1.165, 1.54) is 13.0 Å². The van der Waals surface area contributed by atoms with Crippen LogP contribution in [0.1, 0.15) is 23.6 Å². The molecule has 0 unspecified atom stereocenters. The fourth-order valence-corrected chi connectivity index (χ4v) is 4.57. The predicted molar refractivity (Wildman–Crippen MR) is 120 cm³/mol. The van der Waals surface area contributed by atoms with Gasteiger partial charge in [0.15, 0.2) is 0 Å². The number of nitrogens with one attached hydrogen (secondary N) is 2. The van der Waals surface area contributed by atoms with Crippen LogP contribution < -0.4 is 14.8 Å². The first-order valence-electron chi connectivity index (χ1n) is 10.3. The summed E-state index contributed by atoms with van der Waals surface area (Å²) < 4.78 is 72.3. The molecule has 0 heterocycles. The lowest BCUT2D eigenvalue weighted by Crippen LogP contribution is -2.44. The minimum absolute atomic E-state index is 0.100. The van der Waals surface area contributed by atoms with E-state index in [1.807, 2.05) is 47.2 Å². The average Bonchev–Trinajstić information content (AvgIpc) is 2.81. The topological polar surface area (TPSA) is 84.5 Å². The van der Waals surface area contributed by atoms with E-state index < -0.39 is 38.6 Å². The highest BCUT2D eigenvalue weighted by Gasteiger charge is 2.37. The molecule has 0 aliphatic heterocycles. The van der Waals surface area contributed by atoms with Gasteiger partial charge in [0, 0.05) is 6.54 Å². The molecule has 34 heavy (non-hydrogen) atoms. The van der Waals surface area contributed by atoms with Gasteiger partial charge in [0.05, 0.1) is 16.5 Å². The first-order valence-corrected chi connectivity index (χ1v) is 11.8. The van der Waals surface area contributed by atoms with Gasteiger partial charge in [-0.15, -0.1) is 0 Å². The Balaban J connectivity index is 1.59. The number of halogens is 3. The molecule has 0 saturated heterocycles. The molecule has 6 nitrogen and oxygen atoms in total. The van der Waals surface area contributed by atoms with Gasteiger partial charge in [-0.2, -0.15) is 17.9 Å². The third-order valence-electron chi connectivity index (χ3n) is 4.81. The molecule has 0 radical (unpaired) electrons. The number of hydrogen-bond donors (Lipinski definition) is 2. The van der Waals surface area contributed by atoms with Crippen LogP contribution >= 0.6 is 0 Å². The summed E-state index contributed by atoms with van der Waals surface area (Å²) in [6.45, 7) is 1.68. The summed E-state index contributed by atoms with van der Waals surface area (Å²) in [7, 11) is -4.59. The maximum Gasteiger partial charge on any atom is 0.417 e. The molecule has 3 aromatic rings. The third-order valence-corrected chi connectivity index (χ3v) is 6.41. The van der Waals surface area contributed by atoms with Gasteiger partial charge < -0.3 is 10.1 Å². The second-order valence-electron chi connectivity index (χ2n) is 7.48. The number of carbonyl (C=O) groups is 1. The lowest BCUT2D eigenvalue weighted by molar-refractivity contribution is -0.139. The van der Waals surface area contributed by atoms with Crippen molar-refractivity contribution in [3.8, 4) is 5.75 Å². The second-order valence-corrected chi connectivity index (χ2v) is 9.16. The highest BCUT2D eigenvalue weighted by molar-refractivity contribution is 7.89. The molecule has 0 spiro atoms. The molecule has 1 amide bonds. The highest BCUT2D eigenvalue weighted by atomic mass is 32.2. The molecule has 0 bridgehead atoms. The van der Waals surface area contributed by atoms with Crippen molar-refractivity contribution >= 4 is 15.9 Å². The van der Waals surface area contributed by atoms with Crippen molar-refractivity contribution in [3.63, 3.8) is 0 Å². The van der Waals surface area contributed by atoms with Crippen LogP contribution in [0.15, 0.2) is 83.8 Å². The number of ether oxygens (including phenoxy) is 1. The summed E-state index contributed by atoms with van der Waals surface area (Å²) in [6, 6.07) is 19.0. The van der Waals surface area contributed by atoms with Gasteiger partial charge in [0.1, 0.15) is 12.4 Å². The predicted octanol–water partition coefficient (Wildman–Crippen LogP) is 4.27. The van der Waals surface area contributed by atoms with E-state index in [0.29, 0.717) is 12.7 Å². The molecule has 10 heteroatoms. The van der Waals surface area contributed by atoms with Gasteiger partial charge in [-0.3, -0.25) is 4.79 Å². The van der Waals surface area contributed by atoms with Gasteiger partial charge in [0.25, 0.3) is 0 Å². The van der Waals surface area contributed by atoms with Gasteiger partial charge in [-0.1, -0.05) is 54.6 Å². The SMILES string of the molecule is C[C@H](NS(=O)(=O)c1ccccc1C(F)(F)F)C(=O)NCc1cccc(COc2ccccc2)c1. The summed E-state index contributed by atoms with van der Waals surface area (Å²) in [5.74, 6) is 0.0356. The van der Waals surface area contributed by atoms with Crippen LogP contribution in [0, 0.1) is 0 Å². The molecule has 0 aliphatic rings. The van der Waals surface area contributed by atoms with Crippen molar-refractivity contribution < 1.29 is 31.1 Å². The van der Waals surface area contributed by atoms with Crippen LogP contribution in [-0.4, -0.2) is 20.4 Å². The summed E-state index contributed by atoms with van der Waals surface area (Å²) in [5.41, 5.74) is 0.317. The Hall–Kier alpha value is -3.37. The normalized spacial score (nSPS) is 12.7. The van der Waals surface area contributed by atoms with Crippen molar-refractivity contribution in [3.05, 3.63) is 95.6 Å². The fraction of sp³-hybridized carbons (Fsp3) is 0.208. The van der Waals surface area contributed by atoms with Crippen molar-refractivity contribution in [2.45, 2.75) is 37.2 Å². The van der Waals surface area contributed by atoms with Gasteiger partial charge >= 0.3 is 6.18 Å². The van der Waals surface area contributed by atoms with Crippen LogP contribution in [0.25, 0.3) is 0 Å². The Bertz CT molecular complexity index is 1230. The average molecular weight is 493 g/mol. The number of alkyl halides is 3. The van der Waals surface area contributed by atoms with E-state index >= 15 is 0 Å². The Morgan fingerprint density at radius 1 is 0.941 bits per heavy atom. The molecule has 3 rings (SSSR count). The lowest BCUT2D eigenvalue weighted by Gasteiger charge is -2.17. The smallest absolute Gasteiger partial charge is 0.417 e. The van der Waals surface area contributed by atoms with E-state index in [4.69, 9.17) is 4.74 Å². The molecule has 2 N–H and O–H groups in total. The van der Waals surface area contributed by atoms with E-state index in [0.717, 1.165) is 29.0 Å². The standard InChI is InChI=1S/C24H23F3N2O4S/c1-17(29-34(31,32)22-13-6-5-12-21(22)24(25,26)27)23(30)28-15-18-8-7-9-19(14-18)16-33-20-10-3-2-4-11-20/h2-14,17,29H,15-16H2,1H3,(H,28,30)/t17-/m0/s1. The minimum Gasteiger partial charge on any atom is -0.489 e. The van der Waals surface area contributed by atoms with Crippen molar-refractivity contribution in [2.75, 3.05) is 0 Å². The first-order chi connectivity index (χ1) is 16.1. The largest absolute Gasteiger partial charge is 0.489 e. The quantitative estimate of drug-likeness (QED) is 0.467. The summed E-state index contributed by atoms with van der Waals surface area (Å²) in [6.07, 6.45) is -4.86. The van der Waals surface area contributed by atoms with Crippen LogP contribution in [0.3, 0.4) is 0 Å². The molecule has 1 atom stereocenters. The zero-order valence-electron chi connectivity index (χ0n) is 18.2. The van der Waals surface area contributed by atoms with Crippen LogP contribution in [0.5, 0.6) is 5.75 Å². The molecule has 0 aliphatic carbocycles. The Morgan fingerprint density at radius 3 is 2.29 bits per heavy atom. The first kappa shape index (κ1) is 25.3. The van der Waals surface area contributed by atoms with Crippen molar-refractivity contribution in [1.29, 1.82) is 0 Å². The van der Waals surface area contributed by atoms with Crippen molar-refractivity contribution in [1.82, 2.24) is 10.0 Å². The zero-order valence-corrected chi connectivity index (χ0v) is 19.0. The molecular weight excluding hydrogens is 469 g/mol. The number of rotatable bonds is 9. The zero-order chi connectivity index (χ0) is 24.8. The Morgan fingerprint density at radius 2 is 1.59 bits per heavy atom. The number of amides is 1. The number of carbonyl (C=O) groups excluding carboxylic acids is 1. The van der Waals surface area contributed by atoms with Gasteiger partial charge in [-0.25, -0.2) is 8.42 Å². The van der Waals surface area contributed by atoms with Crippen molar-refractivity contribution in [2.24, 2.45) is 0 Å². The van der Waals surface area contributed by atoms with E-state index in [9.17, 15) is 26.4 Å². The number of hydrogen-bond acceptors (Lipinski definition) is 4. The number of sulfonamides is 1. The summed E-state index contributed by atoms with van der Waals surface area (Å²) >= 11 is 0. The van der Waals surface area contributed by atoms with E-state index in [1.54, 1.807) is 12.1 Å². The lowest BCUT2D eigenvalue weighted by atomic mass is 10.1. The highest BCUT2D eigenvalue weighted by Crippen LogP contribution is 2.33. The van der Waals surface area contributed by atoms with E-state index in [2.05, 4.69) is 5.32 Å². The molecule has 0 aromatic heterocycles.